The van der Waals surface area contributed by atoms with Crippen molar-refractivity contribution in [3.05, 3.63) is 57.9 Å². The van der Waals surface area contributed by atoms with Crippen LogP contribution in [0.2, 0.25) is 5.02 Å². The van der Waals surface area contributed by atoms with E-state index in [0.29, 0.717) is 15.9 Å². The Bertz CT molecular complexity index is 1140. The molecule has 2 aromatic carbocycles. The Kier molecular flexibility index (Phi) is 5.98. The van der Waals surface area contributed by atoms with Gasteiger partial charge < -0.3 is 9.64 Å². The molecule has 0 spiro atoms. The molecule has 1 unspecified atom stereocenters. The average molecular weight is 456 g/mol. The molecule has 1 aliphatic heterocycles. The maximum absolute atomic E-state index is 12.3. The van der Waals surface area contributed by atoms with Gasteiger partial charge in [-0.05, 0) is 62.2 Å². The summed E-state index contributed by atoms with van der Waals surface area (Å²) < 4.78 is 5.48. The van der Waals surface area contributed by atoms with Crippen LogP contribution in [0.25, 0.3) is 11.3 Å². The average Bonchev–Trinajstić information content (AvgIpc) is 3.25. The molecule has 160 valence electrons. The van der Waals surface area contributed by atoms with Crippen LogP contribution < -0.4 is 15.0 Å². The van der Waals surface area contributed by atoms with E-state index in [4.69, 9.17) is 16.3 Å². The predicted molar refractivity (Wildman–Crippen MR) is 124 cm³/mol. The van der Waals surface area contributed by atoms with E-state index in [1.807, 2.05) is 24.0 Å². The molecular formula is C23H22ClN3O3S. The van der Waals surface area contributed by atoms with Gasteiger partial charge in [0.05, 0.1) is 5.69 Å². The number of carbonyl (C=O) groups is 2. The number of rotatable bonds is 5. The fraction of sp³-hybridized carbons (Fsp3) is 0.261. The molecule has 0 saturated carbocycles. The molecular weight excluding hydrogens is 434 g/mol. The summed E-state index contributed by atoms with van der Waals surface area (Å²) in [6.07, 6.45) is 0.817. The van der Waals surface area contributed by atoms with Gasteiger partial charge in [0, 0.05) is 34.1 Å². The molecule has 4 rings (SSSR count). The lowest BCUT2D eigenvalue weighted by Gasteiger charge is -2.20. The Labute approximate surface area is 189 Å². The minimum absolute atomic E-state index is 0.0506. The molecule has 2 amide bonds. The van der Waals surface area contributed by atoms with Gasteiger partial charge in [0.15, 0.2) is 11.7 Å². The molecule has 1 atom stereocenters. The van der Waals surface area contributed by atoms with Crippen molar-refractivity contribution in [3.8, 4) is 17.0 Å². The lowest BCUT2D eigenvalue weighted by atomic mass is 10.0. The summed E-state index contributed by atoms with van der Waals surface area (Å²) in [6.45, 7) is 5.50. The van der Waals surface area contributed by atoms with Crippen LogP contribution in [0, 0.1) is 6.92 Å². The van der Waals surface area contributed by atoms with E-state index in [2.05, 4.69) is 23.3 Å². The van der Waals surface area contributed by atoms with Crippen molar-refractivity contribution in [3.63, 3.8) is 0 Å². The Morgan fingerprint density at radius 3 is 2.71 bits per heavy atom. The summed E-state index contributed by atoms with van der Waals surface area (Å²) in [5, 5.41) is 3.93. The first kappa shape index (κ1) is 21.3. The number of aromatic nitrogens is 1. The van der Waals surface area contributed by atoms with Crippen molar-refractivity contribution in [1.82, 2.24) is 4.98 Å². The number of amides is 2. The lowest BCUT2D eigenvalue weighted by molar-refractivity contribution is -0.118. The quantitative estimate of drug-likeness (QED) is 0.581. The van der Waals surface area contributed by atoms with Crippen LogP contribution in [0.5, 0.6) is 5.75 Å². The molecule has 6 nitrogen and oxygen atoms in total. The SMILES string of the molecule is CC(=O)N1c2ccc(-c3nc(NC(=O)COc4ccc(Cl)cc4)sc3C)cc2CC1C. The highest BCUT2D eigenvalue weighted by Gasteiger charge is 2.29. The molecule has 1 aromatic heterocycles. The molecule has 1 N–H and O–H groups in total. The summed E-state index contributed by atoms with van der Waals surface area (Å²) >= 11 is 7.27. The number of aryl methyl sites for hydroxylation is 1. The number of thiazole rings is 1. The van der Waals surface area contributed by atoms with E-state index < -0.39 is 0 Å². The van der Waals surface area contributed by atoms with Crippen LogP contribution in [0.1, 0.15) is 24.3 Å². The van der Waals surface area contributed by atoms with Crippen LogP contribution >= 0.6 is 22.9 Å². The molecule has 0 aliphatic carbocycles. The van der Waals surface area contributed by atoms with Gasteiger partial charge in [-0.25, -0.2) is 4.98 Å². The maximum Gasteiger partial charge on any atom is 0.264 e. The second kappa shape index (κ2) is 8.69. The number of nitrogens with one attached hydrogen (secondary N) is 1. The van der Waals surface area contributed by atoms with Gasteiger partial charge in [-0.15, -0.1) is 11.3 Å². The minimum Gasteiger partial charge on any atom is -0.484 e. The first-order chi connectivity index (χ1) is 14.8. The molecule has 2 heterocycles. The molecule has 1 aliphatic rings. The minimum atomic E-state index is -0.282. The number of nitrogens with zero attached hydrogens (tertiary/aromatic N) is 2. The third kappa shape index (κ3) is 4.57. The largest absolute Gasteiger partial charge is 0.484 e. The van der Waals surface area contributed by atoms with Gasteiger partial charge in [0.25, 0.3) is 5.91 Å². The standard InChI is InChI=1S/C23H22ClN3O3S/c1-13-10-17-11-16(4-9-20(17)27(13)15(3)28)22-14(2)31-23(26-22)25-21(29)12-30-19-7-5-18(24)6-8-19/h4-9,11,13H,10,12H2,1-3H3,(H,25,26,29). The van der Waals surface area contributed by atoms with Crippen molar-refractivity contribution in [2.75, 3.05) is 16.8 Å². The van der Waals surface area contributed by atoms with Crippen molar-refractivity contribution in [1.29, 1.82) is 0 Å². The van der Waals surface area contributed by atoms with E-state index in [1.54, 1.807) is 31.2 Å². The molecule has 8 heteroatoms. The second-order valence-corrected chi connectivity index (χ2v) is 9.14. The second-order valence-electron chi connectivity index (χ2n) is 7.50. The first-order valence-electron chi connectivity index (χ1n) is 9.90. The zero-order chi connectivity index (χ0) is 22.1. The van der Waals surface area contributed by atoms with E-state index in [1.165, 1.54) is 11.3 Å². The van der Waals surface area contributed by atoms with E-state index in [0.717, 1.165) is 33.8 Å². The zero-order valence-electron chi connectivity index (χ0n) is 17.4. The number of hydrogen-bond donors (Lipinski definition) is 1. The third-order valence-corrected chi connectivity index (χ3v) is 6.27. The number of anilines is 2. The summed E-state index contributed by atoms with van der Waals surface area (Å²) in [5.41, 5.74) is 3.90. The monoisotopic (exact) mass is 455 g/mol. The Morgan fingerprint density at radius 2 is 2.00 bits per heavy atom. The highest BCUT2D eigenvalue weighted by Crippen LogP contribution is 2.37. The molecule has 0 saturated heterocycles. The number of hydrogen-bond acceptors (Lipinski definition) is 5. The Balaban J connectivity index is 1.45. The fourth-order valence-corrected chi connectivity index (χ4v) is 4.79. The van der Waals surface area contributed by atoms with Crippen molar-refractivity contribution in [2.45, 2.75) is 33.2 Å². The van der Waals surface area contributed by atoms with Crippen LogP contribution in [-0.2, 0) is 16.0 Å². The number of ether oxygens (including phenoxy) is 1. The molecule has 0 radical (unpaired) electrons. The number of halogens is 1. The number of carbonyl (C=O) groups excluding carboxylic acids is 2. The maximum atomic E-state index is 12.3. The van der Waals surface area contributed by atoms with Crippen molar-refractivity contribution < 1.29 is 14.3 Å². The van der Waals surface area contributed by atoms with Gasteiger partial charge in [0.1, 0.15) is 5.75 Å². The Morgan fingerprint density at radius 1 is 1.26 bits per heavy atom. The van der Waals surface area contributed by atoms with E-state index in [9.17, 15) is 9.59 Å². The lowest BCUT2D eigenvalue weighted by Crippen LogP contribution is -2.33. The molecule has 0 fully saturated rings. The predicted octanol–water partition coefficient (Wildman–Crippen LogP) is 5.09. The van der Waals surface area contributed by atoms with Gasteiger partial charge in [-0.1, -0.05) is 17.7 Å². The van der Waals surface area contributed by atoms with Gasteiger partial charge in [-0.2, -0.15) is 0 Å². The van der Waals surface area contributed by atoms with Gasteiger partial charge in [-0.3, -0.25) is 14.9 Å². The van der Waals surface area contributed by atoms with Crippen LogP contribution in [0.4, 0.5) is 10.8 Å². The topological polar surface area (TPSA) is 71.5 Å². The van der Waals surface area contributed by atoms with Crippen molar-refractivity contribution in [2.24, 2.45) is 0 Å². The normalized spacial score (nSPS) is 15.0. The number of benzene rings is 2. The molecule has 31 heavy (non-hydrogen) atoms. The smallest absolute Gasteiger partial charge is 0.264 e. The summed E-state index contributed by atoms with van der Waals surface area (Å²) in [4.78, 5) is 31.7. The highest BCUT2D eigenvalue weighted by molar-refractivity contribution is 7.16. The summed E-state index contributed by atoms with van der Waals surface area (Å²) in [6, 6.07) is 13.0. The summed E-state index contributed by atoms with van der Waals surface area (Å²) in [5.74, 6) is 0.340. The van der Waals surface area contributed by atoms with Gasteiger partial charge in [0.2, 0.25) is 5.91 Å². The first-order valence-corrected chi connectivity index (χ1v) is 11.1. The zero-order valence-corrected chi connectivity index (χ0v) is 19.0. The third-order valence-electron chi connectivity index (χ3n) is 5.13. The van der Waals surface area contributed by atoms with Crippen LogP contribution in [-0.4, -0.2) is 29.4 Å². The number of fused-ring (bicyclic) bond motifs is 1. The van der Waals surface area contributed by atoms with Crippen LogP contribution in [0.3, 0.4) is 0 Å². The van der Waals surface area contributed by atoms with Crippen molar-refractivity contribution >= 4 is 45.6 Å². The molecule has 3 aromatic rings. The van der Waals surface area contributed by atoms with Crippen LogP contribution in [0.15, 0.2) is 42.5 Å². The van der Waals surface area contributed by atoms with E-state index in [-0.39, 0.29) is 24.5 Å². The summed E-state index contributed by atoms with van der Waals surface area (Å²) in [7, 11) is 0. The van der Waals surface area contributed by atoms with E-state index >= 15 is 0 Å². The van der Waals surface area contributed by atoms with Gasteiger partial charge >= 0.3 is 0 Å². The fourth-order valence-electron chi connectivity index (χ4n) is 3.81. The highest BCUT2D eigenvalue weighted by atomic mass is 35.5. The Hall–Kier alpha value is -2.90. The molecule has 0 bridgehead atoms.